The molecular formula is C20H22N2O3. The number of nitrogens with one attached hydrogen (secondary N) is 2. The highest BCUT2D eigenvalue weighted by Gasteiger charge is 2.29. The van der Waals surface area contributed by atoms with Gasteiger partial charge < -0.3 is 15.4 Å². The Kier molecular flexibility index (Phi) is 5.03. The van der Waals surface area contributed by atoms with Crippen LogP contribution >= 0.6 is 0 Å². The highest BCUT2D eigenvalue weighted by Crippen LogP contribution is 2.31. The molecule has 0 unspecified atom stereocenters. The molecule has 5 heteroatoms. The second-order valence-electron chi connectivity index (χ2n) is 6.31. The zero-order valence-corrected chi connectivity index (χ0v) is 14.5. The van der Waals surface area contributed by atoms with Crippen LogP contribution in [0.5, 0.6) is 5.75 Å². The van der Waals surface area contributed by atoms with E-state index >= 15 is 0 Å². The molecule has 2 aromatic rings. The van der Waals surface area contributed by atoms with E-state index < -0.39 is 0 Å². The third-order valence-corrected chi connectivity index (χ3v) is 4.34. The molecule has 1 fully saturated rings. The molecule has 130 valence electrons. The SMILES string of the molecule is COc1ccc(CC(=O)Nc2cccc(NC(=O)C3CC3)c2C)cc1. The van der Waals surface area contributed by atoms with Crippen LogP contribution in [0.4, 0.5) is 11.4 Å². The van der Waals surface area contributed by atoms with Crippen LogP contribution in [-0.4, -0.2) is 18.9 Å². The summed E-state index contributed by atoms with van der Waals surface area (Å²) in [6, 6.07) is 12.9. The molecule has 2 aromatic carbocycles. The van der Waals surface area contributed by atoms with Crippen molar-refractivity contribution in [3.05, 3.63) is 53.6 Å². The first-order valence-electron chi connectivity index (χ1n) is 8.40. The van der Waals surface area contributed by atoms with Crippen LogP contribution in [0, 0.1) is 12.8 Å². The van der Waals surface area contributed by atoms with E-state index in [2.05, 4.69) is 10.6 Å². The normalized spacial score (nSPS) is 13.2. The van der Waals surface area contributed by atoms with Crippen molar-refractivity contribution in [1.29, 1.82) is 0 Å². The van der Waals surface area contributed by atoms with E-state index in [0.717, 1.165) is 35.4 Å². The summed E-state index contributed by atoms with van der Waals surface area (Å²) in [4.78, 5) is 24.3. The number of ether oxygens (including phenoxy) is 1. The Morgan fingerprint density at radius 1 is 1.04 bits per heavy atom. The fourth-order valence-electron chi connectivity index (χ4n) is 2.61. The Morgan fingerprint density at radius 2 is 1.68 bits per heavy atom. The Bertz CT molecular complexity index is 780. The van der Waals surface area contributed by atoms with Gasteiger partial charge in [-0.1, -0.05) is 18.2 Å². The first-order chi connectivity index (χ1) is 12.1. The predicted octanol–water partition coefficient (Wildman–Crippen LogP) is 3.53. The molecule has 0 heterocycles. The number of hydrogen-bond donors (Lipinski definition) is 2. The summed E-state index contributed by atoms with van der Waals surface area (Å²) < 4.78 is 5.12. The maximum Gasteiger partial charge on any atom is 0.228 e. The molecule has 1 aliphatic carbocycles. The average molecular weight is 338 g/mol. The molecule has 25 heavy (non-hydrogen) atoms. The van der Waals surface area contributed by atoms with Crippen LogP contribution in [0.25, 0.3) is 0 Å². The topological polar surface area (TPSA) is 67.4 Å². The lowest BCUT2D eigenvalue weighted by atomic mass is 10.1. The van der Waals surface area contributed by atoms with Crippen LogP contribution in [0.2, 0.25) is 0 Å². The molecule has 5 nitrogen and oxygen atoms in total. The van der Waals surface area contributed by atoms with E-state index in [1.54, 1.807) is 7.11 Å². The van der Waals surface area contributed by atoms with Crippen molar-refractivity contribution in [3.63, 3.8) is 0 Å². The Morgan fingerprint density at radius 3 is 2.28 bits per heavy atom. The number of anilines is 2. The first kappa shape index (κ1) is 17.0. The Labute approximate surface area is 147 Å². The highest BCUT2D eigenvalue weighted by molar-refractivity contribution is 5.97. The zero-order chi connectivity index (χ0) is 17.8. The van der Waals surface area contributed by atoms with Crippen LogP contribution in [0.1, 0.15) is 24.0 Å². The minimum absolute atomic E-state index is 0.0600. The third kappa shape index (κ3) is 4.38. The van der Waals surface area contributed by atoms with E-state index in [9.17, 15) is 9.59 Å². The van der Waals surface area contributed by atoms with E-state index in [1.165, 1.54) is 0 Å². The van der Waals surface area contributed by atoms with Crippen molar-refractivity contribution in [3.8, 4) is 5.75 Å². The lowest BCUT2D eigenvalue weighted by Gasteiger charge is -2.13. The third-order valence-electron chi connectivity index (χ3n) is 4.34. The highest BCUT2D eigenvalue weighted by atomic mass is 16.5. The van der Waals surface area contributed by atoms with Crippen LogP contribution < -0.4 is 15.4 Å². The van der Waals surface area contributed by atoms with Crippen molar-refractivity contribution in [1.82, 2.24) is 0 Å². The largest absolute Gasteiger partial charge is 0.497 e. The second kappa shape index (κ2) is 7.38. The lowest BCUT2D eigenvalue weighted by molar-refractivity contribution is -0.117. The minimum atomic E-state index is -0.0982. The van der Waals surface area contributed by atoms with Crippen molar-refractivity contribution < 1.29 is 14.3 Å². The zero-order valence-electron chi connectivity index (χ0n) is 14.5. The number of carbonyl (C=O) groups excluding carboxylic acids is 2. The van der Waals surface area contributed by atoms with Crippen molar-refractivity contribution >= 4 is 23.2 Å². The summed E-state index contributed by atoms with van der Waals surface area (Å²) in [7, 11) is 1.61. The molecule has 0 atom stereocenters. The van der Waals surface area contributed by atoms with Gasteiger partial charge in [-0.2, -0.15) is 0 Å². The van der Waals surface area contributed by atoms with Gasteiger partial charge in [0.1, 0.15) is 5.75 Å². The summed E-state index contributed by atoms with van der Waals surface area (Å²) in [5.74, 6) is 0.871. The number of rotatable bonds is 6. The summed E-state index contributed by atoms with van der Waals surface area (Å²) in [6.07, 6.45) is 2.20. The van der Waals surface area contributed by atoms with Crippen molar-refractivity contribution in [2.45, 2.75) is 26.2 Å². The monoisotopic (exact) mass is 338 g/mol. The van der Waals surface area contributed by atoms with Crippen LogP contribution in [0.3, 0.4) is 0 Å². The van der Waals surface area contributed by atoms with Gasteiger partial charge >= 0.3 is 0 Å². The molecule has 0 saturated heterocycles. The molecule has 0 aliphatic heterocycles. The maximum atomic E-state index is 12.3. The molecule has 2 amide bonds. The number of amides is 2. The first-order valence-corrected chi connectivity index (χ1v) is 8.40. The van der Waals surface area contributed by atoms with Gasteiger partial charge in [-0.15, -0.1) is 0 Å². The van der Waals surface area contributed by atoms with Gasteiger partial charge in [0.05, 0.1) is 13.5 Å². The molecule has 3 rings (SSSR count). The molecule has 2 N–H and O–H groups in total. The number of hydrogen-bond acceptors (Lipinski definition) is 3. The number of benzene rings is 2. The van der Waals surface area contributed by atoms with Gasteiger partial charge in [-0.3, -0.25) is 9.59 Å². The predicted molar refractivity (Wildman–Crippen MR) is 97.9 cm³/mol. The smallest absolute Gasteiger partial charge is 0.228 e. The van der Waals surface area contributed by atoms with E-state index in [1.807, 2.05) is 49.4 Å². The van der Waals surface area contributed by atoms with Crippen molar-refractivity contribution in [2.75, 3.05) is 17.7 Å². The Hall–Kier alpha value is -2.82. The quantitative estimate of drug-likeness (QED) is 0.847. The molecule has 1 saturated carbocycles. The van der Waals surface area contributed by atoms with Gasteiger partial charge in [0.2, 0.25) is 11.8 Å². The maximum absolute atomic E-state index is 12.3. The minimum Gasteiger partial charge on any atom is -0.497 e. The van der Waals surface area contributed by atoms with Gasteiger partial charge in [0, 0.05) is 17.3 Å². The van der Waals surface area contributed by atoms with Gasteiger partial charge in [-0.05, 0) is 55.2 Å². The standard InChI is InChI=1S/C20H22N2O3/c1-13-17(4-3-5-18(13)22-20(24)15-8-9-15)21-19(23)12-14-6-10-16(25-2)11-7-14/h3-7,10-11,15H,8-9,12H2,1-2H3,(H,21,23)(H,22,24). The lowest BCUT2D eigenvalue weighted by Crippen LogP contribution is -2.17. The molecular weight excluding hydrogens is 316 g/mol. The summed E-state index contributed by atoms with van der Waals surface area (Å²) in [6.45, 7) is 1.89. The summed E-state index contributed by atoms with van der Waals surface area (Å²) in [5, 5.41) is 5.87. The fraction of sp³-hybridized carbons (Fsp3) is 0.300. The fourth-order valence-corrected chi connectivity index (χ4v) is 2.61. The summed E-state index contributed by atoms with van der Waals surface area (Å²) >= 11 is 0. The van der Waals surface area contributed by atoms with E-state index in [-0.39, 0.29) is 24.2 Å². The molecule has 1 aliphatic rings. The molecule has 0 radical (unpaired) electrons. The molecule has 0 aromatic heterocycles. The summed E-state index contributed by atoms with van der Waals surface area (Å²) in [5.41, 5.74) is 3.24. The molecule has 0 spiro atoms. The van der Waals surface area contributed by atoms with Gasteiger partial charge in [0.15, 0.2) is 0 Å². The second-order valence-corrected chi connectivity index (χ2v) is 6.31. The van der Waals surface area contributed by atoms with Gasteiger partial charge in [-0.25, -0.2) is 0 Å². The average Bonchev–Trinajstić information content (AvgIpc) is 3.44. The van der Waals surface area contributed by atoms with Gasteiger partial charge in [0.25, 0.3) is 0 Å². The van der Waals surface area contributed by atoms with Crippen LogP contribution in [0.15, 0.2) is 42.5 Å². The Balaban J connectivity index is 1.64. The van der Waals surface area contributed by atoms with Crippen LogP contribution in [-0.2, 0) is 16.0 Å². The van der Waals surface area contributed by atoms with E-state index in [0.29, 0.717) is 5.69 Å². The van der Waals surface area contributed by atoms with E-state index in [4.69, 9.17) is 4.74 Å². The number of carbonyl (C=O) groups is 2. The van der Waals surface area contributed by atoms with Crippen molar-refractivity contribution in [2.24, 2.45) is 5.92 Å². The number of methoxy groups -OCH3 is 1. The molecule has 0 bridgehead atoms.